The second-order valence-electron chi connectivity index (χ2n) is 8.48. The van der Waals surface area contributed by atoms with Crippen LogP contribution in [0.25, 0.3) is 0 Å². The van der Waals surface area contributed by atoms with Crippen LogP contribution in [0.15, 0.2) is 108 Å². The highest BCUT2D eigenvalue weighted by molar-refractivity contribution is 7.92. The number of para-hydroxylation sites is 1. The quantitative estimate of drug-likeness (QED) is 0.317. The monoisotopic (exact) mass is 528 g/mol. The minimum absolute atomic E-state index is 0.0718. The average Bonchev–Trinajstić information content (AvgIpc) is 2.96. The molecule has 0 saturated heterocycles. The first-order chi connectivity index (χ1) is 18.4. The van der Waals surface area contributed by atoms with Crippen LogP contribution >= 0.6 is 0 Å². The summed E-state index contributed by atoms with van der Waals surface area (Å²) in [6.07, 6.45) is 4.10. The highest BCUT2D eigenvalue weighted by atomic mass is 32.2. The van der Waals surface area contributed by atoms with E-state index in [2.05, 4.69) is 15.6 Å². The van der Waals surface area contributed by atoms with Crippen LogP contribution in [-0.2, 0) is 27.8 Å². The summed E-state index contributed by atoms with van der Waals surface area (Å²) in [5.41, 5.74) is 2.78. The number of sulfonamides is 1. The van der Waals surface area contributed by atoms with Crippen LogP contribution in [0.2, 0.25) is 0 Å². The molecular formula is C29H28N4O4S. The lowest BCUT2D eigenvalue weighted by molar-refractivity contribution is -0.114. The van der Waals surface area contributed by atoms with Gasteiger partial charge in [0.2, 0.25) is 5.91 Å². The number of benzene rings is 3. The molecule has 0 atom stereocenters. The first-order valence-electron chi connectivity index (χ1n) is 12.1. The van der Waals surface area contributed by atoms with E-state index in [1.165, 1.54) is 12.1 Å². The molecule has 0 unspecified atom stereocenters. The van der Waals surface area contributed by atoms with Crippen LogP contribution in [0.4, 0.5) is 11.4 Å². The van der Waals surface area contributed by atoms with E-state index in [-0.39, 0.29) is 28.6 Å². The number of carbonyl (C=O) groups excluding carboxylic acids is 2. The van der Waals surface area contributed by atoms with Crippen LogP contribution in [0, 0.1) is 0 Å². The van der Waals surface area contributed by atoms with E-state index < -0.39 is 22.5 Å². The van der Waals surface area contributed by atoms with Gasteiger partial charge < -0.3 is 10.6 Å². The highest BCUT2D eigenvalue weighted by Crippen LogP contribution is 2.25. The third-order valence-corrected chi connectivity index (χ3v) is 7.66. The largest absolute Gasteiger partial charge is 0.348 e. The Labute approximate surface area is 222 Å². The van der Waals surface area contributed by atoms with Crippen LogP contribution in [0.1, 0.15) is 28.4 Å². The Balaban J connectivity index is 1.56. The number of anilines is 2. The second-order valence-corrected chi connectivity index (χ2v) is 10.3. The van der Waals surface area contributed by atoms with E-state index in [1.54, 1.807) is 73.1 Å². The molecule has 0 bridgehead atoms. The van der Waals surface area contributed by atoms with Crippen molar-refractivity contribution < 1.29 is 18.0 Å². The number of pyridine rings is 1. The summed E-state index contributed by atoms with van der Waals surface area (Å²) >= 11 is 0. The number of rotatable bonds is 10. The molecule has 2 amide bonds. The number of carbonyl (C=O) groups is 2. The molecule has 0 fully saturated rings. The SMILES string of the molecule is CCc1ccc(N(CC(=O)Nc2ccccc2C(=O)NCc2cccnc2)S(=O)(=O)c2ccccc2)cc1. The van der Waals surface area contributed by atoms with Crippen molar-refractivity contribution in [3.8, 4) is 0 Å². The average molecular weight is 529 g/mol. The molecule has 3 aromatic carbocycles. The van der Waals surface area contributed by atoms with Crippen LogP contribution in [-0.4, -0.2) is 31.8 Å². The van der Waals surface area contributed by atoms with Gasteiger partial charge in [-0.2, -0.15) is 0 Å². The third-order valence-electron chi connectivity index (χ3n) is 5.87. The zero-order valence-electron chi connectivity index (χ0n) is 20.9. The van der Waals surface area contributed by atoms with E-state index >= 15 is 0 Å². The summed E-state index contributed by atoms with van der Waals surface area (Å²) in [6.45, 7) is 1.80. The number of hydrogen-bond acceptors (Lipinski definition) is 5. The molecule has 1 heterocycles. The lowest BCUT2D eigenvalue weighted by Gasteiger charge is -2.24. The summed E-state index contributed by atoms with van der Waals surface area (Å²) in [4.78, 5) is 30.2. The number of nitrogens with zero attached hydrogens (tertiary/aromatic N) is 2. The van der Waals surface area contributed by atoms with Gasteiger partial charge in [0.25, 0.3) is 15.9 Å². The van der Waals surface area contributed by atoms with Crippen molar-refractivity contribution in [2.45, 2.75) is 24.8 Å². The second kappa shape index (κ2) is 12.2. The molecule has 2 N–H and O–H groups in total. The minimum Gasteiger partial charge on any atom is -0.348 e. The van der Waals surface area contributed by atoms with Gasteiger partial charge in [0, 0.05) is 18.9 Å². The van der Waals surface area contributed by atoms with E-state index in [0.29, 0.717) is 5.69 Å². The van der Waals surface area contributed by atoms with Crippen LogP contribution in [0.3, 0.4) is 0 Å². The van der Waals surface area contributed by atoms with E-state index in [9.17, 15) is 18.0 Å². The lowest BCUT2D eigenvalue weighted by Crippen LogP contribution is -2.38. The Hall–Kier alpha value is -4.50. The lowest BCUT2D eigenvalue weighted by atomic mass is 10.1. The highest BCUT2D eigenvalue weighted by Gasteiger charge is 2.27. The Morgan fingerprint density at radius 3 is 2.24 bits per heavy atom. The summed E-state index contributed by atoms with van der Waals surface area (Å²) in [5, 5.41) is 5.53. The molecule has 4 aromatic rings. The molecule has 194 valence electrons. The number of hydrogen-bond donors (Lipinski definition) is 2. The summed E-state index contributed by atoms with van der Waals surface area (Å²) in [6, 6.07) is 25.2. The Morgan fingerprint density at radius 2 is 1.55 bits per heavy atom. The van der Waals surface area contributed by atoms with Crippen LogP contribution in [0.5, 0.6) is 0 Å². The maximum absolute atomic E-state index is 13.5. The maximum atomic E-state index is 13.5. The Kier molecular flexibility index (Phi) is 8.50. The predicted octanol–water partition coefficient (Wildman–Crippen LogP) is 4.41. The van der Waals surface area contributed by atoms with Crippen molar-refractivity contribution in [1.29, 1.82) is 0 Å². The number of aromatic nitrogens is 1. The Morgan fingerprint density at radius 1 is 0.842 bits per heavy atom. The molecular weight excluding hydrogens is 500 g/mol. The topological polar surface area (TPSA) is 108 Å². The van der Waals surface area contributed by atoms with Gasteiger partial charge in [0.1, 0.15) is 6.54 Å². The van der Waals surface area contributed by atoms with E-state index in [4.69, 9.17) is 0 Å². The van der Waals surface area contributed by atoms with Gasteiger partial charge in [-0.25, -0.2) is 8.42 Å². The molecule has 0 aliphatic heterocycles. The first-order valence-corrected chi connectivity index (χ1v) is 13.5. The summed E-state index contributed by atoms with van der Waals surface area (Å²) in [7, 11) is -4.04. The van der Waals surface area contributed by atoms with Gasteiger partial charge in [-0.3, -0.25) is 18.9 Å². The molecule has 4 rings (SSSR count). The fraction of sp³-hybridized carbons (Fsp3) is 0.138. The molecule has 0 spiro atoms. The molecule has 38 heavy (non-hydrogen) atoms. The van der Waals surface area contributed by atoms with E-state index in [0.717, 1.165) is 21.9 Å². The standard InChI is InChI=1S/C29H28N4O4S/c1-2-22-14-16-24(17-15-22)33(38(36,37)25-10-4-3-5-11-25)21-28(34)32-27-13-7-6-12-26(27)29(35)31-20-23-9-8-18-30-19-23/h3-19H,2,20-21H2,1H3,(H,31,35)(H,32,34). The molecule has 9 heteroatoms. The molecule has 0 saturated carbocycles. The van der Waals surface area contributed by atoms with Crippen molar-refractivity contribution in [3.05, 3.63) is 120 Å². The molecule has 1 aromatic heterocycles. The van der Waals surface area contributed by atoms with Crippen LogP contribution < -0.4 is 14.9 Å². The van der Waals surface area contributed by atoms with Crippen molar-refractivity contribution in [2.75, 3.05) is 16.2 Å². The summed E-state index contributed by atoms with van der Waals surface area (Å²) in [5.74, 6) is -0.967. The number of aryl methyl sites for hydroxylation is 1. The van der Waals surface area contributed by atoms with Crippen molar-refractivity contribution >= 4 is 33.2 Å². The normalized spacial score (nSPS) is 11.0. The van der Waals surface area contributed by atoms with Gasteiger partial charge in [0.15, 0.2) is 0 Å². The van der Waals surface area contributed by atoms with Gasteiger partial charge in [-0.15, -0.1) is 0 Å². The molecule has 0 aliphatic rings. The fourth-order valence-electron chi connectivity index (χ4n) is 3.82. The predicted molar refractivity (Wildman–Crippen MR) is 147 cm³/mol. The van der Waals surface area contributed by atoms with Crippen molar-refractivity contribution in [1.82, 2.24) is 10.3 Å². The molecule has 8 nitrogen and oxygen atoms in total. The zero-order chi connectivity index (χ0) is 27.0. The van der Waals surface area contributed by atoms with E-state index in [1.807, 2.05) is 25.1 Å². The maximum Gasteiger partial charge on any atom is 0.264 e. The van der Waals surface area contributed by atoms with Gasteiger partial charge >= 0.3 is 0 Å². The fourth-order valence-corrected chi connectivity index (χ4v) is 5.27. The number of nitrogens with one attached hydrogen (secondary N) is 2. The molecule has 0 aliphatic carbocycles. The van der Waals surface area contributed by atoms with Crippen molar-refractivity contribution in [3.63, 3.8) is 0 Å². The van der Waals surface area contributed by atoms with Gasteiger partial charge in [-0.05, 0) is 60.0 Å². The van der Waals surface area contributed by atoms with Crippen molar-refractivity contribution in [2.24, 2.45) is 0 Å². The first kappa shape index (κ1) is 26.6. The van der Waals surface area contributed by atoms with Gasteiger partial charge in [0.05, 0.1) is 21.8 Å². The minimum atomic E-state index is -4.04. The Bertz CT molecular complexity index is 1490. The zero-order valence-corrected chi connectivity index (χ0v) is 21.7. The molecule has 0 radical (unpaired) electrons. The third kappa shape index (κ3) is 6.43. The summed E-state index contributed by atoms with van der Waals surface area (Å²) < 4.78 is 28.2. The smallest absolute Gasteiger partial charge is 0.264 e. The number of amides is 2. The van der Waals surface area contributed by atoms with Gasteiger partial charge in [-0.1, -0.05) is 55.5 Å².